The van der Waals surface area contributed by atoms with Crippen molar-refractivity contribution in [3.63, 3.8) is 0 Å². The molecule has 0 bridgehead atoms. The summed E-state index contributed by atoms with van der Waals surface area (Å²) in [6.45, 7) is 1.22. The number of nitrogens with one attached hydrogen (secondary N) is 3. The van der Waals surface area contributed by atoms with E-state index in [1.165, 1.54) is 24.4 Å². The molecule has 0 saturated carbocycles. The van der Waals surface area contributed by atoms with Crippen molar-refractivity contribution in [3.8, 4) is 17.2 Å². The van der Waals surface area contributed by atoms with Crippen LogP contribution in [0.2, 0.25) is 0 Å². The number of carbonyl (C=O) groups excluding carboxylic acids is 1. The zero-order valence-corrected chi connectivity index (χ0v) is 20.0. The maximum Gasteiger partial charge on any atom is 0.416 e. The third kappa shape index (κ3) is 7.35. The molecule has 1 saturated heterocycles. The summed E-state index contributed by atoms with van der Waals surface area (Å²) in [5.74, 6) is -0.302. The van der Waals surface area contributed by atoms with Crippen molar-refractivity contribution in [1.29, 1.82) is 0 Å². The summed E-state index contributed by atoms with van der Waals surface area (Å²) in [5.41, 5.74) is -0.448. The third-order valence-electron chi connectivity index (χ3n) is 5.72. The van der Waals surface area contributed by atoms with E-state index in [9.17, 15) is 22.8 Å². The quantitative estimate of drug-likeness (QED) is 0.306. The van der Waals surface area contributed by atoms with Gasteiger partial charge in [0.15, 0.2) is 5.69 Å². The minimum atomic E-state index is -4.58. The number of hydrogen-bond donors (Lipinski definition) is 4. The number of halogens is 3. The molecule has 3 aromatic rings. The Kier molecular flexibility index (Phi) is 8.31. The molecule has 4 rings (SSSR count). The van der Waals surface area contributed by atoms with Crippen LogP contribution in [-0.4, -0.2) is 41.3 Å². The molecule has 1 aromatic heterocycles. The molecular formula is C26H25F3N4O5. The summed E-state index contributed by atoms with van der Waals surface area (Å²) in [4.78, 5) is 27.3. The molecule has 1 fully saturated rings. The van der Waals surface area contributed by atoms with Gasteiger partial charge in [-0.05, 0) is 61.3 Å². The number of urea groups is 1. The maximum atomic E-state index is 13.2. The number of carboxylic acids is 1. The number of carbonyl (C=O) groups is 2. The average Bonchev–Trinajstić information content (AvgIpc) is 3.41. The first kappa shape index (κ1) is 26.7. The number of aromatic nitrogens is 1. The normalized spacial score (nSPS) is 15.1. The number of benzene rings is 2. The molecule has 38 heavy (non-hydrogen) atoms. The highest BCUT2D eigenvalue weighted by Crippen LogP contribution is 2.35. The molecule has 1 aliphatic heterocycles. The third-order valence-corrected chi connectivity index (χ3v) is 5.72. The van der Waals surface area contributed by atoms with Crippen molar-refractivity contribution in [3.05, 3.63) is 77.6 Å². The van der Waals surface area contributed by atoms with Crippen molar-refractivity contribution in [2.24, 2.45) is 0 Å². The standard InChI is InChI=1S/C26H25F3N4O5/c27-26(28,29)17-5-8-23(37-15-18-2-1-10-30-18)21(12-17)33-25(36)32-14-16-3-6-19(7-4-16)38-20-9-11-31-22(13-20)24(34)35/h3-9,11-13,18,30H,1-2,10,14-15H2,(H,34,35)(H2,32,33,36). The van der Waals surface area contributed by atoms with Gasteiger partial charge in [0.25, 0.3) is 0 Å². The number of alkyl halides is 3. The lowest BCUT2D eigenvalue weighted by Crippen LogP contribution is -2.30. The zero-order valence-electron chi connectivity index (χ0n) is 20.0. The van der Waals surface area contributed by atoms with E-state index < -0.39 is 23.7 Å². The van der Waals surface area contributed by atoms with E-state index in [1.807, 2.05) is 0 Å². The second-order valence-electron chi connectivity index (χ2n) is 8.55. The first-order chi connectivity index (χ1) is 18.2. The van der Waals surface area contributed by atoms with Crippen molar-refractivity contribution in [2.75, 3.05) is 18.5 Å². The Balaban J connectivity index is 1.35. The van der Waals surface area contributed by atoms with Gasteiger partial charge in [-0.15, -0.1) is 0 Å². The molecule has 4 N–H and O–H groups in total. The monoisotopic (exact) mass is 530 g/mol. The molecule has 2 heterocycles. The van der Waals surface area contributed by atoms with Gasteiger partial charge in [-0.3, -0.25) is 0 Å². The number of anilines is 1. The second kappa shape index (κ2) is 11.8. The molecule has 1 atom stereocenters. The fourth-order valence-corrected chi connectivity index (χ4v) is 3.77. The van der Waals surface area contributed by atoms with Gasteiger partial charge in [0.05, 0.1) is 11.3 Å². The van der Waals surface area contributed by atoms with Crippen LogP contribution >= 0.6 is 0 Å². The molecular weight excluding hydrogens is 505 g/mol. The predicted molar refractivity (Wildman–Crippen MR) is 132 cm³/mol. The number of hydrogen-bond acceptors (Lipinski definition) is 6. The summed E-state index contributed by atoms with van der Waals surface area (Å²) >= 11 is 0. The van der Waals surface area contributed by atoms with Gasteiger partial charge in [0, 0.05) is 24.8 Å². The maximum absolute atomic E-state index is 13.2. The number of ether oxygens (including phenoxy) is 2. The minimum absolute atomic E-state index is 0.0860. The number of pyridine rings is 1. The summed E-state index contributed by atoms with van der Waals surface area (Å²) in [6.07, 6.45) is -1.35. The van der Waals surface area contributed by atoms with Gasteiger partial charge >= 0.3 is 18.2 Å². The first-order valence-electron chi connectivity index (χ1n) is 11.8. The largest absolute Gasteiger partial charge is 0.490 e. The van der Waals surface area contributed by atoms with Crippen molar-refractivity contribution >= 4 is 17.7 Å². The smallest absolute Gasteiger partial charge is 0.416 e. The molecule has 9 nitrogen and oxygen atoms in total. The Morgan fingerprint density at radius 2 is 1.87 bits per heavy atom. The van der Waals surface area contributed by atoms with E-state index in [4.69, 9.17) is 14.6 Å². The Morgan fingerprint density at radius 3 is 2.55 bits per heavy atom. The van der Waals surface area contributed by atoms with Crippen LogP contribution < -0.4 is 25.4 Å². The Morgan fingerprint density at radius 1 is 1.08 bits per heavy atom. The molecule has 0 radical (unpaired) electrons. The van der Waals surface area contributed by atoms with Gasteiger partial charge in [0.1, 0.15) is 23.9 Å². The number of nitrogens with zero attached hydrogens (tertiary/aromatic N) is 1. The molecule has 1 aliphatic rings. The number of amides is 2. The van der Waals surface area contributed by atoms with Crippen molar-refractivity contribution < 1.29 is 37.3 Å². The molecule has 2 aromatic carbocycles. The molecule has 200 valence electrons. The van der Waals surface area contributed by atoms with E-state index in [-0.39, 0.29) is 36.3 Å². The van der Waals surface area contributed by atoms with E-state index in [0.29, 0.717) is 17.1 Å². The van der Waals surface area contributed by atoms with E-state index in [1.54, 1.807) is 24.3 Å². The van der Waals surface area contributed by atoms with E-state index >= 15 is 0 Å². The fraction of sp³-hybridized carbons (Fsp3) is 0.269. The molecule has 0 spiro atoms. The molecule has 1 unspecified atom stereocenters. The second-order valence-corrected chi connectivity index (χ2v) is 8.55. The van der Waals surface area contributed by atoms with Crippen LogP contribution in [0.3, 0.4) is 0 Å². The highest BCUT2D eigenvalue weighted by molar-refractivity contribution is 5.91. The zero-order chi connectivity index (χ0) is 27.1. The van der Waals surface area contributed by atoms with Gasteiger partial charge < -0.3 is 30.5 Å². The number of carboxylic acid groups (broad SMARTS) is 1. The fourth-order valence-electron chi connectivity index (χ4n) is 3.77. The van der Waals surface area contributed by atoms with Crippen LogP contribution in [0.5, 0.6) is 17.2 Å². The van der Waals surface area contributed by atoms with Crippen LogP contribution in [0.25, 0.3) is 0 Å². The van der Waals surface area contributed by atoms with Gasteiger partial charge in [-0.1, -0.05) is 12.1 Å². The highest BCUT2D eigenvalue weighted by Gasteiger charge is 2.31. The van der Waals surface area contributed by atoms with Crippen LogP contribution in [0.4, 0.5) is 23.7 Å². The first-order valence-corrected chi connectivity index (χ1v) is 11.8. The molecule has 12 heteroatoms. The summed E-state index contributed by atoms with van der Waals surface area (Å²) in [5, 5.41) is 17.3. The lowest BCUT2D eigenvalue weighted by atomic mass is 10.1. The van der Waals surface area contributed by atoms with Gasteiger partial charge in [0.2, 0.25) is 0 Å². The van der Waals surface area contributed by atoms with E-state index in [2.05, 4.69) is 20.9 Å². The van der Waals surface area contributed by atoms with Crippen LogP contribution in [0.1, 0.15) is 34.5 Å². The topological polar surface area (TPSA) is 122 Å². The minimum Gasteiger partial charge on any atom is -0.490 e. The summed E-state index contributed by atoms with van der Waals surface area (Å²) in [6, 6.07) is 11.8. The SMILES string of the molecule is O=C(NCc1ccc(Oc2ccnc(C(=O)O)c2)cc1)Nc1cc(C(F)(F)F)ccc1OCC1CCCN1. The van der Waals surface area contributed by atoms with Crippen molar-refractivity contribution in [1.82, 2.24) is 15.6 Å². The van der Waals surface area contributed by atoms with Crippen molar-refractivity contribution in [2.45, 2.75) is 31.6 Å². The lowest BCUT2D eigenvalue weighted by molar-refractivity contribution is -0.137. The Bertz CT molecular complexity index is 1280. The average molecular weight is 531 g/mol. The van der Waals surface area contributed by atoms with Gasteiger partial charge in [-0.2, -0.15) is 13.2 Å². The van der Waals surface area contributed by atoms with Gasteiger partial charge in [-0.25, -0.2) is 14.6 Å². The molecule has 2 amide bonds. The van der Waals surface area contributed by atoms with Crippen LogP contribution in [0, 0.1) is 0 Å². The van der Waals surface area contributed by atoms with Crippen LogP contribution in [0.15, 0.2) is 60.8 Å². The summed E-state index contributed by atoms with van der Waals surface area (Å²) in [7, 11) is 0. The predicted octanol–water partition coefficient (Wildman–Crippen LogP) is 5.04. The van der Waals surface area contributed by atoms with Crippen LogP contribution in [-0.2, 0) is 12.7 Å². The Hall–Kier alpha value is -4.32. The molecule has 0 aliphatic carbocycles. The van der Waals surface area contributed by atoms with E-state index in [0.717, 1.165) is 31.5 Å². The Labute approximate surface area is 216 Å². The number of rotatable bonds is 9. The summed E-state index contributed by atoms with van der Waals surface area (Å²) < 4.78 is 51.1. The lowest BCUT2D eigenvalue weighted by Gasteiger charge is -2.18. The highest BCUT2D eigenvalue weighted by atomic mass is 19.4. The number of aromatic carboxylic acids is 1.